The summed E-state index contributed by atoms with van der Waals surface area (Å²) in [7, 11) is 0. The summed E-state index contributed by atoms with van der Waals surface area (Å²) >= 11 is 3.10. The minimum atomic E-state index is -4.96. The van der Waals surface area contributed by atoms with Crippen LogP contribution in [0.25, 0.3) is 0 Å². The normalized spacial score (nSPS) is 10.3. The zero-order valence-corrected chi connectivity index (χ0v) is 15.5. The first-order valence-corrected chi connectivity index (χ1v) is 8.15. The van der Waals surface area contributed by atoms with Crippen molar-refractivity contribution in [3.05, 3.63) is 63.3 Å². The summed E-state index contributed by atoms with van der Waals surface area (Å²) in [6.45, 7) is 0. The lowest BCUT2D eigenvalue weighted by molar-refractivity contribution is -0.138. The Morgan fingerprint density at radius 3 is 2.03 bits per heavy atom. The van der Waals surface area contributed by atoms with Crippen LogP contribution in [0.5, 0.6) is 11.5 Å². The standard InChI is InChI=1S/C18H6BrF5N4O/c19-11-1-2-14(28-15(8-27)9(6-25)7-26)16(5-11)29-17-12(20)3-10(4-13(17)21)18(22,23)24/h1-5,28H. The first-order chi connectivity index (χ1) is 13.6. The van der Waals surface area contributed by atoms with Crippen LogP contribution in [-0.4, -0.2) is 0 Å². The number of hydrogen-bond donors (Lipinski definition) is 1. The molecule has 0 saturated carbocycles. The molecule has 0 fully saturated rings. The van der Waals surface area contributed by atoms with E-state index in [0.29, 0.717) is 4.47 Å². The quantitative estimate of drug-likeness (QED) is 0.453. The number of nitrogens with one attached hydrogen (secondary N) is 1. The fourth-order valence-corrected chi connectivity index (χ4v) is 2.37. The zero-order chi connectivity index (χ0) is 21.8. The predicted molar refractivity (Wildman–Crippen MR) is 93.1 cm³/mol. The summed E-state index contributed by atoms with van der Waals surface area (Å²) in [5, 5.41) is 29.3. The number of benzene rings is 2. The molecule has 0 atom stereocenters. The molecule has 0 unspecified atom stereocenters. The molecule has 5 nitrogen and oxygen atoms in total. The smallest absolute Gasteiger partial charge is 0.416 e. The van der Waals surface area contributed by atoms with E-state index in [-0.39, 0.29) is 23.6 Å². The molecule has 0 heterocycles. The van der Waals surface area contributed by atoms with E-state index in [9.17, 15) is 22.0 Å². The third kappa shape index (κ3) is 5.01. The van der Waals surface area contributed by atoms with Crippen LogP contribution in [-0.2, 0) is 6.18 Å². The van der Waals surface area contributed by atoms with Crippen molar-refractivity contribution in [2.24, 2.45) is 0 Å². The number of nitriles is 3. The Labute approximate surface area is 169 Å². The molecule has 2 aromatic carbocycles. The molecular formula is C18H6BrF5N4O. The van der Waals surface area contributed by atoms with Gasteiger partial charge in [0, 0.05) is 4.47 Å². The Morgan fingerprint density at radius 2 is 1.55 bits per heavy atom. The second kappa shape index (κ2) is 8.59. The van der Waals surface area contributed by atoms with Crippen molar-refractivity contribution in [1.29, 1.82) is 15.8 Å². The highest BCUT2D eigenvalue weighted by Gasteiger charge is 2.33. The highest BCUT2D eigenvalue weighted by Crippen LogP contribution is 2.38. The molecule has 2 aromatic rings. The minimum Gasteiger partial charge on any atom is -0.449 e. The van der Waals surface area contributed by atoms with Crippen molar-refractivity contribution in [2.75, 3.05) is 5.32 Å². The van der Waals surface area contributed by atoms with E-state index in [1.165, 1.54) is 30.3 Å². The molecule has 1 N–H and O–H groups in total. The van der Waals surface area contributed by atoms with Crippen molar-refractivity contribution in [3.63, 3.8) is 0 Å². The van der Waals surface area contributed by atoms with Crippen molar-refractivity contribution < 1.29 is 26.7 Å². The second-order valence-corrected chi connectivity index (χ2v) is 6.14. The lowest BCUT2D eigenvalue weighted by Gasteiger charge is -2.15. The van der Waals surface area contributed by atoms with Crippen molar-refractivity contribution in [2.45, 2.75) is 6.18 Å². The number of alkyl halides is 3. The summed E-state index contributed by atoms with van der Waals surface area (Å²) in [5.74, 6) is -4.61. The number of hydrogen-bond acceptors (Lipinski definition) is 5. The lowest BCUT2D eigenvalue weighted by atomic mass is 10.2. The molecule has 0 saturated heterocycles. The van der Waals surface area contributed by atoms with E-state index in [1.807, 2.05) is 0 Å². The number of anilines is 1. The molecule has 0 aliphatic carbocycles. The van der Waals surface area contributed by atoms with Crippen LogP contribution in [0, 0.1) is 45.6 Å². The van der Waals surface area contributed by atoms with E-state index in [2.05, 4.69) is 21.2 Å². The summed E-state index contributed by atoms with van der Waals surface area (Å²) in [6, 6.07) is 8.70. The Hall–Kier alpha value is -3.62. The third-order valence-corrected chi connectivity index (χ3v) is 3.82. The number of ether oxygens (including phenoxy) is 1. The zero-order valence-electron chi connectivity index (χ0n) is 13.9. The van der Waals surface area contributed by atoms with Gasteiger partial charge in [0.2, 0.25) is 0 Å². The molecule has 2 rings (SSSR count). The van der Waals surface area contributed by atoms with Gasteiger partial charge in [-0.2, -0.15) is 29.0 Å². The molecule has 0 spiro atoms. The molecule has 0 aliphatic rings. The predicted octanol–water partition coefficient (Wildman–Crippen LogP) is 5.78. The van der Waals surface area contributed by atoms with Gasteiger partial charge in [0.05, 0.1) is 11.3 Å². The average molecular weight is 469 g/mol. The van der Waals surface area contributed by atoms with Crippen molar-refractivity contribution in [1.82, 2.24) is 0 Å². The topological polar surface area (TPSA) is 92.6 Å². The van der Waals surface area contributed by atoms with Gasteiger partial charge in [0.25, 0.3) is 0 Å². The molecule has 146 valence electrons. The minimum absolute atomic E-state index is 0.0770. The van der Waals surface area contributed by atoms with Gasteiger partial charge in [0.15, 0.2) is 28.7 Å². The number of halogens is 6. The van der Waals surface area contributed by atoms with Gasteiger partial charge in [0.1, 0.15) is 23.9 Å². The molecular weight excluding hydrogens is 463 g/mol. The first-order valence-electron chi connectivity index (χ1n) is 7.36. The first kappa shape index (κ1) is 21.7. The van der Waals surface area contributed by atoms with Gasteiger partial charge in [-0.3, -0.25) is 0 Å². The van der Waals surface area contributed by atoms with Gasteiger partial charge in [-0.25, -0.2) is 8.78 Å². The van der Waals surface area contributed by atoms with Gasteiger partial charge < -0.3 is 10.1 Å². The Balaban J connectivity index is 2.52. The summed E-state index contributed by atoms with van der Waals surface area (Å²) in [6.07, 6.45) is -4.96. The SMILES string of the molecule is N#CC(C#N)=C(C#N)Nc1ccc(Br)cc1Oc1c(F)cc(C(F)(F)F)cc1F. The van der Waals surface area contributed by atoms with Crippen LogP contribution >= 0.6 is 15.9 Å². The van der Waals surface area contributed by atoms with Crippen LogP contribution < -0.4 is 10.1 Å². The Bertz CT molecular complexity index is 1080. The molecule has 0 aromatic heterocycles. The van der Waals surface area contributed by atoms with E-state index >= 15 is 0 Å². The van der Waals surface area contributed by atoms with E-state index in [1.54, 1.807) is 6.07 Å². The van der Waals surface area contributed by atoms with Crippen LogP contribution in [0.2, 0.25) is 0 Å². The Kier molecular flexibility index (Phi) is 6.42. The van der Waals surface area contributed by atoms with Crippen LogP contribution in [0.1, 0.15) is 5.56 Å². The van der Waals surface area contributed by atoms with E-state index in [4.69, 9.17) is 20.5 Å². The average Bonchev–Trinajstić information content (AvgIpc) is 2.65. The van der Waals surface area contributed by atoms with Crippen LogP contribution in [0.3, 0.4) is 0 Å². The number of rotatable bonds is 4. The van der Waals surface area contributed by atoms with Crippen molar-refractivity contribution in [3.8, 4) is 29.7 Å². The molecule has 29 heavy (non-hydrogen) atoms. The molecule has 11 heteroatoms. The maximum absolute atomic E-state index is 14.1. The molecule has 0 amide bonds. The third-order valence-electron chi connectivity index (χ3n) is 3.33. The fourth-order valence-electron chi connectivity index (χ4n) is 2.03. The summed E-state index contributed by atoms with van der Waals surface area (Å²) in [5.41, 5.74) is -2.63. The van der Waals surface area contributed by atoms with Gasteiger partial charge in [-0.1, -0.05) is 15.9 Å². The number of nitrogens with zero attached hydrogens (tertiary/aromatic N) is 3. The lowest BCUT2D eigenvalue weighted by Crippen LogP contribution is -2.07. The highest BCUT2D eigenvalue weighted by atomic mass is 79.9. The van der Waals surface area contributed by atoms with E-state index in [0.717, 1.165) is 0 Å². The molecule has 0 radical (unpaired) electrons. The largest absolute Gasteiger partial charge is 0.449 e. The fraction of sp³-hybridized carbons (Fsp3) is 0.0556. The van der Waals surface area contributed by atoms with Gasteiger partial charge in [-0.05, 0) is 30.3 Å². The maximum Gasteiger partial charge on any atom is 0.416 e. The van der Waals surface area contributed by atoms with E-state index < -0.39 is 40.4 Å². The summed E-state index contributed by atoms with van der Waals surface area (Å²) in [4.78, 5) is 0. The highest BCUT2D eigenvalue weighted by molar-refractivity contribution is 9.10. The van der Waals surface area contributed by atoms with Crippen molar-refractivity contribution >= 4 is 21.6 Å². The van der Waals surface area contributed by atoms with Gasteiger partial charge >= 0.3 is 6.18 Å². The van der Waals surface area contributed by atoms with Gasteiger partial charge in [-0.15, -0.1) is 0 Å². The summed E-state index contributed by atoms with van der Waals surface area (Å²) < 4.78 is 71.6. The second-order valence-electron chi connectivity index (χ2n) is 5.22. The molecule has 0 bridgehead atoms. The van der Waals surface area contributed by atoms with Crippen LogP contribution in [0.15, 0.2) is 46.1 Å². The number of allylic oxidation sites excluding steroid dienone is 2. The monoisotopic (exact) mass is 468 g/mol. The molecule has 0 aliphatic heterocycles. The Morgan fingerprint density at radius 1 is 0.966 bits per heavy atom. The maximum atomic E-state index is 14.1. The van der Waals surface area contributed by atoms with Crippen LogP contribution in [0.4, 0.5) is 27.6 Å².